The number of rotatable bonds is 4. The van der Waals surface area contributed by atoms with Crippen LogP contribution < -0.4 is 0 Å². The number of carbonyl (C=O) groups excluding carboxylic acids is 1. The first-order valence-corrected chi connectivity index (χ1v) is 10.6. The van der Waals surface area contributed by atoms with Crippen molar-refractivity contribution in [1.82, 2.24) is 34.8 Å². The largest absolute Gasteiger partial charge is 0.375 e. The van der Waals surface area contributed by atoms with Crippen molar-refractivity contribution in [1.29, 1.82) is 0 Å². The van der Waals surface area contributed by atoms with Crippen LogP contribution in [0.25, 0.3) is 11.5 Å². The molecule has 0 bridgehead atoms. The predicted octanol–water partition coefficient (Wildman–Crippen LogP) is 1.90. The van der Waals surface area contributed by atoms with E-state index in [-0.39, 0.29) is 11.5 Å². The third kappa shape index (κ3) is 4.20. The molecule has 1 spiro atoms. The fraction of sp³-hybridized carbons (Fsp3) is 0.524. The van der Waals surface area contributed by atoms with Gasteiger partial charge in [0.1, 0.15) is 5.69 Å². The number of amides is 1. The number of likely N-dealkylation sites (tertiary alicyclic amines) is 1. The van der Waals surface area contributed by atoms with Crippen molar-refractivity contribution < 1.29 is 14.1 Å². The second-order valence-electron chi connectivity index (χ2n) is 8.39. The van der Waals surface area contributed by atoms with Gasteiger partial charge < -0.3 is 14.2 Å². The van der Waals surface area contributed by atoms with E-state index >= 15 is 0 Å². The van der Waals surface area contributed by atoms with Crippen molar-refractivity contribution in [3.8, 4) is 11.5 Å². The van der Waals surface area contributed by atoms with Crippen LogP contribution in [0.3, 0.4) is 0 Å². The lowest BCUT2D eigenvalue weighted by molar-refractivity contribution is -0.124. The van der Waals surface area contributed by atoms with Gasteiger partial charge in [-0.1, -0.05) is 5.16 Å². The van der Waals surface area contributed by atoms with Crippen LogP contribution in [0.5, 0.6) is 0 Å². The number of ether oxygens (including phenoxy) is 1. The zero-order chi connectivity index (χ0) is 21.3. The van der Waals surface area contributed by atoms with Crippen molar-refractivity contribution >= 4 is 5.91 Å². The zero-order valence-electron chi connectivity index (χ0n) is 17.5. The first kappa shape index (κ1) is 19.8. The highest BCUT2D eigenvalue weighted by Gasteiger charge is 2.41. The molecule has 162 valence electrons. The Morgan fingerprint density at radius 3 is 2.87 bits per heavy atom. The SMILES string of the molecule is Cn1cc(C(=O)N2CCC3(CC2)CC(Cc2nc(-c4cnccn4)no2)CCO3)cn1. The van der Waals surface area contributed by atoms with E-state index in [9.17, 15) is 4.79 Å². The molecule has 2 aliphatic rings. The lowest BCUT2D eigenvalue weighted by Crippen LogP contribution is -2.51. The summed E-state index contributed by atoms with van der Waals surface area (Å²) in [4.78, 5) is 27.4. The Morgan fingerprint density at radius 1 is 1.26 bits per heavy atom. The van der Waals surface area contributed by atoms with Gasteiger partial charge >= 0.3 is 0 Å². The molecular weight excluding hydrogens is 398 g/mol. The predicted molar refractivity (Wildman–Crippen MR) is 109 cm³/mol. The molecule has 31 heavy (non-hydrogen) atoms. The maximum absolute atomic E-state index is 12.7. The summed E-state index contributed by atoms with van der Waals surface area (Å²) in [5.41, 5.74) is 1.06. The quantitative estimate of drug-likeness (QED) is 0.625. The van der Waals surface area contributed by atoms with Crippen molar-refractivity contribution in [3.63, 3.8) is 0 Å². The van der Waals surface area contributed by atoms with E-state index in [0.717, 1.165) is 32.1 Å². The first-order chi connectivity index (χ1) is 15.1. The van der Waals surface area contributed by atoms with Crippen molar-refractivity contribution in [3.05, 3.63) is 42.4 Å². The molecule has 0 aliphatic carbocycles. The third-order valence-corrected chi connectivity index (χ3v) is 6.23. The van der Waals surface area contributed by atoms with Gasteiger partial charge in [0.15, 0.2) is 0 Å². The van der Waals surface area contributed by atoms with Crippen LogP contribution in [0.1, 0.15) is 41.9 Å². The number of hydrogen-bond donors (Lipinski definition) is 0. The van der Waals surface area contributed by atoms with Gasteiger partial charge in [-0.15, -0.1) is 0 Å². The first-order valence-electron chi connectivity index (χ1n) is 10.6. The Morgan fingerprint density at radius 2 is 2.13 bits per heavy atom. The topological polar surface area (TPSA) is 112 Å². The van der Waals surface area contributed by atoms with Crippen molar-refractivity contribution in [2.24, 2.45) is 13.0 Å². The van der Waals surface area contributed by atoms with Crippen LogP contribution in [0.15, 0.2) is 35.5 Å². The molecule has 0 N–H and O–H groups in total. The maximum atomic E-state index is 12.7. The molecule has 3 aromatic heterocycles. The van der Waals surface area contributed by atoms with Crippen LogP contribution in [0.4, 0.5) is 0 Å². The maximum Gasteiger partial charge on any atom is 0.257 e. The Balaban J connectivity index is 1.19. The fourth-order valence-electron chi connectivity index (χ4n) is 4.59. The third-order valence-electron chi connectivity index (χ3n) is 6.23. The number of aromatic nitrogens is 6. The molecule has 10 nitrogen and oxygen atoms in total. The highest BCUT2D eigenvalue weighted by atomic mass is 16.5. The average Bonchev–Trinajstić information content (AvgIpc) is 3.44. The van der Waals surface area contributed by atoms with Gasteiger partial charge in [-0.25, -0.2) is 4.98 Å². The highest BCUT2D eigenvalue weighted by molar-refractivity contribution is 5.93. The summed E-state index contributed by atoms with van der Waals surface area (Å²) in [6.07, 6.45) is 12.5. The van der Waals surface area contributed by atoms with Crippen LogP contribution in [0.2, 0.25) is 0 Å². The molecule has 1 unspecified atom stereocenters. The van der Waals surface area contributed by atoms with Gasteiger partial charge in [-0.2, -0.15) is 10.1 Å². The molecule has 10 heteroatoms. The lowest BCUT2D eigenvalue weighted by Gasteiger charge is -2.46. The van der Waals surface area contributed by atoms with Crippen LogP contribution in [-0.2, 0) is 18.2 Å². The fourth-order valence-corrected chi connectivity index (χ4v) is 4.59. The van der Waals surface area contributed by atoms with E-state index in [1.54, 1.807) is 35.7 Å². The minimum Gasteiger partial charge on any atom is -0.375 e. The van der Waals surface area contributed by atoms with Gasteiger partial charge in [0.2, 0.25) is 11.7 Å². The number of carbonyl (C=O) groups is 1. The monoisotopic (exact) mass is 423 g/mol. The Hall–Kier alpha value is -3.14. The molecule has 0 saturated carbocycles. The molecule has 1 amide bonds. The van der Waals surface area contributed by atoms with E-state index in [1.807, 2.05) is 11.9 Å². The molecule has 5 rings (SSSR count). The second kappa shape index (κ2) is 8.18. The van der Waals surface area contributed by atoms with Gasteiger partial charge in [-0.05, 0) is 31.6 Å². The molecule has 1 atom stereocenters. The molecule has 2 saturated heterocycles. The van der Waals surface area contributed by atoms with Crippen LogP contribution in [-0.4, -0.2) is 66.0 Å². The Kier molecular flexibility index (Phi) is 5.23. The zero-order valence-corrected chi connectivity index (χ0v) is 17.5. The highest BCUT2D eigenvalue weighted by Crippen LogP contribution is 2.39. The van der Waals surface area contributed by atoms with Gasteiger partial charge in [0.25, 0.3) is 5.91 Å². The average molecular weight is 423 g/mol. The van der Waals surface area contributed by atoms with Gasteiger partial charge in [0.05, 0.1) is 23.6 Å². The molecule has 2 aliphatic heterocycles. The van der Waals surface area contributed by atoms with Crippen LogP contribution >= 0.6 is 0 Å². The molecule has 3 aromatic rings. The van der Waals surface area contributed by atoms with Gasteiger partial charge in [-0.3, -0.25) is 14.5 Å². The smallest absolute Gasteiger partial charge is 0.257 e. The molecule has 0 radical (unpaired) electrons. The molecule has 0 aromatic carbocycles. The summed E-state index contributed by atoms with van der Waals surface area (Å²) in [6.45, 7) is 2.10. The van der Waals surface area contributed by atoms with E-state index in [1.165, 1.54) is 0 Å². The minimum absolute atomic E-state index is 0.0395. The van der Waals surface area contributed by atoms with Crippen molar-refractivity contribution in [2.45, 2.75) is 37.7 Å². The normalized spacial score (nSPS) is 20.8. The number of hydrogen-bond acceptors (Lipinski definition) is 8. The summed E-state index contributed by atoms with van der Waals surface area (Å²) in [6, 6.07) is 0. The Labute approximate surface area is 179 Å². The summed E-state index contributed by atoms with van der Waals surface area (Å²) >= 11 is 0. The number of aryl methyl sites for hydroxylation is 1. The van der Waals surface area contributed by atoms with Crippen molar-refractivity contribution in [2.75, 3.05) is 19.7 Å². The molecule has 5 heterocycles. The summed E-state index contributed by atoms with van der Waals surface area (Å²) < 4.78 is 13.4. The molecule has 2 fully saturated rings. The van der Waals surface area contributed by atoms with E-state index in [4.69, 9.17) is 9.26 Å². The van der Waals surface area contributed by atoms with Crippen LogP contribution in [0, 0.1) is 5.92 Å². The van der Waals surface area contributed by atoms with E-state index in [2.05, 4.69) is 25.2 Å². The Bertz CT molecular complexity index is 1040. The summed E-state index contributed by atoms with van der Waals surface area (Å²) in [5.74, 6) is 1.53. The van der Waals surface area contributed by atoms with Gasteiger partial charge in [0, 0.05) is 51.8 Å². The summed E-state index contributed by atoms with van der Waals surface area (Å²) in [5, 5.41) is 8.15. The molecular formula is C21H25N7O3. The number of nitrogens with zero attached hydrogens (tertiary/aromatic N) is 7. The summed E-state index contributed by atoms with van der Waals surface area (Å²) in [7, 11) is 1.82. The lowest BCUT2D eigenvalue weighted by atomic mass is 9.78. The van der Waals surface area contributed by atoms with E-state index in [0.29, 0.717) is 48.6 Å². The number of piperidine rings is 1. The standard InChI is InChI=1S/C21H25N7O3/c1-27-14-16(12-24-27)20(29)28-7-3-21(4-8-28)11-15(2-9-30-21)10-18-25-19(26-31-18)17-13-22-5-6-23-17/h5-6,12-15H,2-4,7-11H2,1H3. The second-order valence-corrected chi connectivity index (χ2v) is 8.39. The van der Waals surface area contributed by atoms with E-state index < -0.39 is 0 Å². The minimum atomic E-state index is -0.178.